The van der Waals surface area contributed by atoms with Gasteiger partial charge in [0.2, 0.25) is 0 Å². The molecule has 140 valence electrons. The fourth-order valence-corrected chi connectivity index (χ4v) is 10.0. The molecule has 4 unspecified atom stereocenters. The second kappa shape index (κ2) is 7.43. The Hall–Kier alpha value is -1.20. The van der Waals surface area contributed by atoms with Crippen LogP contribution in [0.5, 0.6) is 0 Å². The van der Waals surface area contributed by atoms with Crippen molar-refractivity contribution in [1.82, 2.24) is 15.2 Å². The Morgan fingerprint density at radius 1 is 1.12 bits per heavy atom. The molecule has 1 heterocycles. The van der Waals surface area contributed by atoms with Crippen LogP contribution in [0.2, 0.25) is 18.6 Å². The predicted molar refractivity (Wildman–Crippen MR) is 113 cm³/mol. The lowest BCUT2D eigenvalue weighted by Crippen LogP contribution is -2.63. The maximum atomic E-state index is 3.52. The Kier molecular flexibility index (Phi) is 5.19. The number of nitrogens with zero attached hydrogens (tertiary/aromatic N) is 1. The number of rotatable bonds is 4. The zero-order valence-electron chi connectivity index (χ0n) is 16.4. The van der Waals surface area contributed by atoms with Gasteiger partial charge >= 0.3 is 0 Å². The summed E-state index contributed by atoms with van der Waals surface area (Å²) >= 11 is 0. The molecule has 1 aromatic carbocycles. The molecule has 2 N–H and O–H groups in total. The minimum Gasteiger partial charge on any atom is -0.299 e. The Labute approximate surface area is 159 Å². The molecule has 1 aromatic rings. The zero-order valence-corrected chi connectivity index (χ0v) is 17.4. The van der Waals surface area contributed by atoms with E-state index in [4.69, 9.17) is 0 Å². The highest BCUT2D eigenvalue weighted by Gasteiger charge is 2.52. The van der Waals surface area contributed by atoms with Crippen molar-refractivity contribution in [2.24, 2.45) is 17.8 Å². The van der Waals surface area contributed by atoms with Gasteiger partial charge in [-0.3, -0.25) is 15.2 Å². The standard InChI is InChI=1S/C22H33N3Si/c1-4-17-13-21-19(18-9-6-5-7-10-18)11-8-12-20(21)22(17)26(2,3)25-15-23-14-24-16-25/h5-12,17,20-24H,4,13-16H2,1-3H3. The number of benzene rings is 1. The summed E-state index contributed by atoms with van der Waals surface area (Å²) in [5.74, 6) is 2.22. The minimum atomic E-state index is -1.56. The lowest BCUT2D eigenvalue weighted by Gasteiger charge is -2.47. The zero-order chi connectivity index (χ0) is 18.1. The van der Waals surface area contributed by atoms with Crippen molar-refractivity contribution in [3.8, 4) is 0 Å². The minimum absolute atomic E-state index is 0.690. The Morgan fingerprint density at radius 2 is 1.85 bits per heavy atom. The van der Waals surface area contributed by atoms with E-state index in [0.29, 0.717) is 11.8 Å². The summed E-state index contributed by atoms with van der Waals surface area (Å²) in [7, 11) is -1.56. The third-order valence-corrected chi connectivity index (χ3v) is 11.5. The normalized spacial score (nSPS) is 32.3. The van der Waals surface area contributed by atoms with E-state index in [0.717, 1.165) is 31.5 Å². The van der Waals surface area contributed by atoms with Gasteiger partial charge in [0.05, 0.1) is 0 Å². The molecule has 2 aliphatic carbocycles. The molecule has 0 bridgehead atoms. The SMILES string of the molecule is CCC1CC2C(c3ccccc3)=CC=CC2C1[Si](C)(C)N1CNCNC1. The fourth-order valence-electron chi connectivity index (χ4n) is 5.75. The third kappa shape index (κ3) is 3.13. The molecule has 1 saturated heterocycles. The smallest absolute Gasteiger partial charge is 0.129 e. The van der Waals surface area contributed by atoms with Gasteiger partial charge in [0.1, 0.15) is 8.24 Å². The van der Waals surface area contributed by atoms with E-state index in [1.165, 1.54) is 18.4 Å². The van der Waals surface area contributed by atoms with Crippen LogP contribution in [0, 0.1) is 17.8 Å². The van der Waals surface area contributed by atoms with Crippen LogP contribution in [-0.2, 0) is 0 Å². The van der Waals surface area contributed by atoms with Crippen LogP contribution in [-0.4, -0.2) is 32.8 Å². The molecule has 0 radical (unpaired) electrons. The number of allylic oxidation sites excluding steroid dienone is 4. The molecule has 2 fully saturated rings. The topological polar surface area (TPSA) is 27.3 Å². The molecule has 0 aromatic heterocycles. The van der Waals surface area contributed by atoms with Gasteiger partial charge in [0, 0.05) is 20.0 Å². The average Bonchev–Trinajstić information content (AvgIpc) is 3.09. The van der Waals surface area contributed by atoms with E-state index >= 15 is 0 Å². The van der Waals surface area contributed by atoms with Crippen molar-refractivity contribution in [3.05, 3.63) is 54.1 Å². The molecule has 26 heavy (non-hydrogen) atoms. The lowest BCUT2D eigenvalue weighted by atomic mass is 9.81. The molecule has 0 spiro atoms. The third-order valence-electron chi connectivity index (χ3n) is 7.07. The Balaban J connectivity index is 1.65. The summed E-state index contributed by atoms with van der Waals surface area (Å²) in [4.78, 5) is 0. The largest absolute Gasteiger partial charge is 0.299 e. The van der Waals surface area contributed by atoms with Crippen LogP contribution in [0.15, 0.2) is 48.6 Å². The van der Waals surface area contributed by atoms with Crippen molar-refractivity contribution in [2.75, 3.05) is 20.0 Å². The first-order valence-corrected chi connectivity index (χ1v) is 13.3. The van der Waals surface area contributed by atoms with Crippen LogP contribution < -0.4 is 10.6 Å². The van der Waals surface area contributed by atoms with E-state index in [-0.39, 0.29) is 0 Å². The molecule has 4 atom stereocenters. The fraction of sp³-hybridized carbons (Fsp3) is 0.545. The summed E-state index contributed by atoms with van der Waals surface area (Å²) in [6.45, 7) is 10.6. The second-order valence-corrected chi connectivity index (χ2v) is 13.3. The van der Waals surface area contributed by atoms with Crippen LogP contribution >= 0.6 is 0 Å². The van der Waals surface area contributed by atoms with Gasteiger partial charge < -0.3 is 0 Å². The lowest BCUT2D eigenvalue weighted by molar-refractivity contribution is 0.278. The van der Waals surface area contributed by atoms with E-state index in [1.54, 1.807) is 5.57 Å². The average molecular weight is 368 g/mol. The van der Waals surface area contributed by atoms with Gasteiger partial charge in [-0.15, -0.1) is 0 Å². The highest BCUT2D eigenvalue weighted by Crippen LogP contribution is 2.57. The molecule has 3 nitrogen and oxygen atoms in total. The van der Waals surface area contributed by atoms with E-state index < -0.39 is 8.24 Å². The molecule has 3 aliphatic rings. The molecule has 1 aliphatic heterocycles. The number of hydrogen-bond acceptors (Lipinski definition) is 3. The monoisotopic (exact) mass is 367 g/mol. The summed E-state index contributed by atoms with van der Waals surface area (Å²) in [6, 6.07) is 11.1. The molecule has 1 saturated carbocycles. The quantitative estimate of drug-likeness (QED) is 0.779. The first kappa shape index (κ1) is 18.2. The van der Waals surface area contributed by atoms with Gasteiger partial charge in [-0.25, -0.2) is 0 Å². The van der Waals surface area contributed by atoms with Crippen LogP contribution in [0.1, 0.15) is 25.3 Å². The summed E-state index contributed by atoms with van der Waals surface area (Å²) in [5, 5.41) is 7.05. The molecular weight excluding hydrogens is 334 g/mol. The number of hydrogen-bond donors (Lipinski definition) is 2. The van der Waals surface area contributed by atoms with Crippen molar-refractivity contribution >= 4 is 13.8 Å². The first-order valence-electron chi connectivity index (χ1n) is 10.2. The maximum absolute atomic E-state index is 3.52. The predicted octanol–water partition coefficient (Wildman–Crippen LogP) is 4.24. The highest BCUT2D eigenvalue weighted by molar-refractivity contribution is 6.76. The van der Waals surface area contributed by atoms with Gasteiger partial charge in [-0.2, -0.15) is 0 Å². The molecule has 0 amide bonds. The van der Waals surface area contributed by atoms with Gasteiger partial charge in [0.25, 0.3) is 0 Å². The molecule has 4 rings (SSSR count). The number of nitrogens with one attached hydrogen (secondary N) is 2. The van der Waals surface area contributed by atoms with Crippen molar-refractivity contribution in [3.63, 3.8) is 0 Å². The maximum Gasteiger partial charge on any atom is 0.129 e. The van der Waals surface area contributed by atoms with E-state index in [2.05, 4.69) is 83.8 Å². The van der Waals surface area contributed by atoms with Crippen LogP contribution in [0.25, 0.3) is 5.57 Å². The summed E-state index contributed by atoms with van der Waals surface area (Å²) in [6.07, 6.45) is 9.91. The van der Waals surface area contributed by atoms with Crippen LogP contribution in [0.3, 0.4) is 0 Å². The van der Waals surface area contributed by atoms with Gasteiger partial charge in [-0.05, 0) is 40.9 Å². The second-order valence-electron chi connectivity index (χ2n) is 8.67. The van der Waals surface area contributed by atoms with Crippen molar-refractivity contribution in [1.29, 1.82) is 0 Å². The van der Waals surface area contributed by atoms with E-state index in [1.807, 2.05) is 0 Å². The number of fused-ring (bicyclic) bond motifs is 1. The van der Waals surface area contributed by atoms with Gasteiger partial charge in [0.15, 0.2) is 0 Å². The highest BCUT2D eigenvalue weighted by atomic mass is 28.3. The Morgan fingerprint density at radius 3 is 2.54 bits per heavy atom. The summed E-state index contributed by atoms with van der Waals surface area (Å²) < 4.78 is 2.74. The summed E-state index contributed by atoms with van der Waals surface area (Å²) in [5.41, 5.74) is 3.81. The Bertz CT molecular complexity index is 676. The van der Waals surface area contributed by atoms with Crippen molar-refractivity contribution in [2.45, 2.75) is 38.4 Å². The first-order chi connectivity index (χ1) is 12.6. The van der Waals surface area contributed by atoms with Gasteiger partial charge in [-0.1, -0.05) is 75.0 Å². The van der Waals surface area contributed by atoms with Crippen LogP contribution in [0.4, 0.5) is 0 Å². The van der Waals surface area contributed by atoms with Crippen molar-refractivity contribution < 1.29 is 0 Å². The molecular formula is C22H33N3Si. The molecule has 4 heteroatoms. The van der Waals surface area contributed by atoms with E-state index in [9.17, 15) is 0 Å².